The van der Waals surface area contributed by atoms with Crippen LogP contribution in [-0.2, 0) is 4.79 Å². The fourth-order valence-electron chi connectivity index (χ4n) is 1.59. The molecule has 0 N–H and O–H groups in total. The molecule has 98 valence electrons. The molecule has 0 saturated carbocycles. The van der Waals surface area contributed by atoms with Crippen LogP contribution in [0.5, 0.6) is 5.75 Å². The quantitative estimate of drug-likeness (QED) is 0.441. The van der Waals surface area contributed by atoms with E-state index in [0.29, 0.717) is 5.75 Å². The minimum Gasteiger partial charge on any atom is -0.426 e. The fraction of sp³-hybridized carbons (Fsp3) is 0.133. The lowest BCUT2D eigenvalue weighted by molar-refractivity contribution is -0.133. The molecule has 0 unspecified atom stereocenters. The van der Waals surface area contributed by atoms with Crippen LogP contribution >= 0.6 is 31.9 Å². The third-order valence-electron chi connectivity index (χ3n) is 2.56. The van der Waals surface area contributed by atoms with Crippen LogP contribution in [0.25, 0.3) is 0 Å². The van der Waals surface area contributed by atoms with Gasteiger partial charge in [-0.25, -0.2) is 0 Å². The number of ether oxygens (including phenoxy) is 1. The smallest absolute Gasteiger partial charge is 0.326 e. The lowest BCUT2D eigenvalue weighted by Crippen LogP contribution is -2.24. The van der Waals surface area contributed by atoms with Gasteiger partial charge in [0, 0.05) is 0 Å². The van der Waals surface area contributed by atoms with Crippen molar-refractivity contribution in [2.24, 2.45) is 0 Å². The number of halogens is 2. The summed E-state index contributed by atoms with van der Waals surface area (Å²) < 4.78 is 5.30. The van der Waals surface area contributed by atoms with Gasteiger partial charge in [-0.05, 0) is 17.7 Å². The molecule has 0 aliphatic heterocycles. The van der Waals surface area contributed by atoms with E-state index in [2.05, 4.69) is 31.9 Å². The van der Waals surface area contributed by atoms with Crippen LogP contribution in [0.15, 0.2) is 60.7 Å². The van der Waals surface area contributed by atoms with Crippen LogP contribution < -0.4 is 4.74 Å². The molecule has 0 bridgehead atoms. The standard InChI is InChI=1S/C15H12Br2O2/c16-13(11-7-3-1-4-8-11)14(17)15(18)19-12-9-5-2-6-10-12/h1-10,13-14H/t13-,14-/m0/s1. The van der Waals surface area contributed by atoms with Crippen molar-refractivity contribution in [2.75, 3.05) is 0 Å². The number of hydrogen-bond acceptors (Lipinski definition) is 2. The Hall–Kier alpha value is -1.13. The minimum atomic E-state index is -0.449. The number of rotatable bonds is 4. The number of carbonyl (C=O) groups excluding carboxylic acids is 1. The number of hydrogen-bond donors (Lipinski definition) is 0. The van der Waals surface area contributed by atoms with Gasteiger partial charge in [-0.15, -0.1) is 0 Å². The highest BCUT2D eigenvalue weighted by molar-refractivity contribution is 9.12. The topological polar surface area (TPSA) is 26.3 Å². The molecule has 0 amide bonds. The molecule has 2 aromatic rings. The monoisotopic (exact) mass is 382 g/mol. The number of alkyl halides is 2. The SMILES string of the molecule is O=C(Oc1ccccc1)[C@@H](Br)[C@@H](Br)c1ccccc1. The van der Waals surface area contributed by atoms with Gasteiger partial charge in [-0.2, -0.15) is 0 Å². The van der Waals surface area contributed by atoms with Crippen molar-refractivity contribution in [1.82, 2.24) is 0 Å². The van der Waals surface area contributed by atoms with E-state index in [-0.39, 0.29) is 10.8 Å². The third-order valence-corrected chi connectivity index (χ3v) is 5.23. The van der Waals surface area contributed by atoms with Gasteiger partial charge < -0.3 is 4.74 Å². The van der Waals surface area contributed by atoms with Crippen LogP contribution in [-0.4, -0.2) is 10.8 Å². The van der Waals surface area contributed by atoms with Crippen molar-refractivity contribution in [1.29, 1.82) is 0 Å². The van der Waals surface area contributed by atoms with Gasteiger partial charge in [0.15, 0.2) is 0 Å². The van der Waals surface area contributed by atoms with E-state index in [1.165, 1.54) is 0 Å². The largest absolute Gasteiger partial charge is 0.426 e. The summed E-state index contributed by atoms with van der Waals surface area (Å²) in [7, 11) is 0. The highest BCUT2D eigenvalue weighted by atomic mass is 79.9. The summed E-state index contributed by atoms with van der Waals surface area (Å²) in [5, 5.41) is 0. The highest BCUT2D eigenvalue weighted by Crippen LogP contribution is 2.32. The minimum absolute atomic E-state index is 0.134. The van der Waals surface area contributed by atoms with Gasteiger partial charge in [0.2, 0.25) is 0 Å². The zero-order chi connectivity index (χ0) is 13.7. The Kier molecular flexibility index (Phi) is 5.16. The van der Waals surface area contributed by atoms with E-state index < -0.39 is 4.83 Å². The number of para-hydroxylation sites is 1. The maximum Gasteiger partial charge on any atom is 0.326 e. The second-order valence-electron chi connectivity index (χ2n) is 3.95. The summed E-state index contributed by atoms with van der Waals surface area (Å²) in [5.41, 5.74) is 1.02. The molecule has 0 aromatic heterocycles. The van der Waals surface area contributed by atoms with Crippen LogP contribution in [0.2, 0.25) is 0 Å². The highest BCUT2D eigenvalue weighted by Gasteiger charge is 2.26. The van der Waals surface area contributed by atoms with E-state index in [4.69, 9.17) is 4.74 Å². The molecule has 2 atom stereocenters. The molecule has 2 rings (SSSR count). The first kappa shape index (κ1) is 14.3. The Morgan fingerprint density at radius 3 is 2.00 bits per heavy atom. The van der Waals surface area contributed by atoms with E-state index in [9.17, 15) is 4.79 Å². The second-order valence-corrected chi connectivity index (χ2v) is 5.92. The summed E-state index contributed by atoms with van der Waals surface area (Å²) in [6, 6.07) is 18.8. The van der Waals surface area contributed by atoms with Gasteiger partial charge in [0.05, 0.1) is 4.83 Å². The molecule has 19 heavy (non-hydrogen) atoms. The number of esters is 1. The van der Waals surface area contributed by atoms with E-state index in [1.54, 1.807) is 12.1 Å². The lowest BCUT2D eigenvalue weighted by Gasteiger charge is -2.16. The van der Waals surface area contributed by atoms with Crippen LogP contribution in [0, 0.1) is 0 Å². The van der Waals surface area contributed by atoms with Gasteiger partial charge in [0.25, 0.3) is 0 Å². The van der Waals surface area contributed by atoms with Crippen molar-refractivity contribution in [3.63, 3.8) is 0 Å². The van der Waals surface area contributed by atoms with Crippen molar-refractivity contribution < 1.29 is 9.53 Å². The molecule has 2 nitrogen and oxygen atoms in total. The maximum absolute atomic E-state index is 12.0. The second kappa shape index (κ2) is 6.87. The normalized spacial score (nSPS) is 13.6. The average Bonchev–Trinajstić information content (AvgIpc) is 2.47. The predicted octanol–water partition coefficient (Wildman–Crippen LogP) is 4.49. The fourth-order valence-corrected chi connectivity index (χ4v) is 2.51. The van der Waals surface area contributed by atoms with Crippen LogP contribution in [0.1, 0.15) is 10.4 Å². The molecule has 0 aliphatic carbocycles. The summed E-state index contributed by atoms with van der Waals surface area (Å²) in [5.74, 6) is 0.224. The third kappa shape index (κ3) is 3.91. The molecule has 0 spiro atoms. The Balaban J connectivity index is 2.03. The Morgan fingerprint density at radius 2 is 1.42 bits per heavy atom. The van der Waals surface area contributed by atoms with E-state index in [0.717, 1.165) is 5.56 Å². The van der Waals surface area contributed by atoms with Gasteiger partial charge >= 0.3 is 5.97 Å². The number of benzene rings is 2. The maximum atomic E-state index is 12.0. The summed E-state index contributed by atoms with van der Waals surface area (Å²) in [6.07, 6.45) is 0. The van der Waals surface area contributed by atoms with Crippen molar-refractivity contribution in [3.8, 4) is 5.75 Å². The molecular formula is C15H12Br2O2. The van der Waals surface area contributed by atoms with Crippen molar-refractivity contribution >= 4 is 37.8 Å². The Bertz CT molecular complexity index is 528. The summed E-state index contributed by atoms with van der Waals surface area (Å²) >= 11 is 6.90. The van der Waals surface area contributed by atoms with Crippen LogP contribution in [0.4, 0.5) is 0 Å². The van der Waals surface area contributed by atoms with Crippen LogP contribution in [0.3, 0.4) is 0 Å². The first-order valence-electron chi connectivity index (χ1n) is 5.78. The lowest BCUT2D eigenvalue weighted by atomic mass is 10.1. The van der Waals surface area contributed by atoms with Crippen molar-refractivity contribution in [2.45, 2.75) is 9.65 Å². The molecule has 4 heteroatoms. The van der Waals surface area contributed by atoms with Crippen molar-refractivity contribution in [3.05, 3.63) is 66.2 Å². The molecule has 0 aliphatic rings. The van der Waals surface area contributed by atoms with E-state index in [1.807, 2.05) is 48.5 Å². The summed E-state index contributed by atoms with van der Waals surface area (Å²) in [4.78, 5) is 11.4. The van der Waals surface area contributed by atoms with Gasteiger partial charge in [-0.3, -0.25) is 4.79 Å². The Morgan fingerprint density at radius 1 is 0.895 bits per heavy atom. The predicted molar refractivity (Wildman–Crippen MR) is 82.9 cm³/mol. The van der Waals surface area contributed by atoms with Gasteiger partial charge in [0.1, 0.15) is 10.6 Å². The molecular weight excluding hydrogens is 372 g/mol. The average molecular weight is 384 g/mol. The zero-order valence-corrected chi connectivity index (χ0v) is 13.2. The first-order valence-corrected chi connectivity index (χ1v) is 7.61. The molecule has 2 aromatic carbocycles. The molecule has 0 fully saturated rings. The first-order chi connectivity index (χ1) is 9.18. The molecule has 0 radical (unpaired) electrons. The Labute approximate surface area is 129 Å². The number of carbonyl (C=O) groups is 1. The molecule has 0 saturated heterocycles. The van der Waals surface area contributed by atoms with Gasteiger partial charge in [-0.1, -0.05) is 80.4 Å². The zero-order valence-electron chi connectivity index (χ0n) is 10.0. The van der Waals surface area contributed by atoms with E-state index >= 15 is 0 Å². The molecule has 0 heterocycles. The summed E-state index contributed by atoms with van der Waals surface area (Å²) in [6.45, 7) is 0.